The molecule has 30 heavy (non-hydrogen) atoms. The molecule has 0 aliphatic heterocycles. The maximum atomic E-state index is 12.5. The van der Waals surface area contributed by atoms with Crippen molar-refractivity contribution in [1.29, 1.82) is 0 Å². The number of nitrogens with one attached hydrogen (secondary N) is 3. The molecule has 0 aromatic heterocycles. The van der Waals surface area contributed by atoms with E-state index in [4.69, 9.17) is 4.18 Å². The van der Waals surface area contributed by atoms with Gasteiger partial charge in [-0.15, -0.1) is 0 Å². The fourth-order valence-electron chi connectivity index (χ4n) is 2.21. The Labute approximate surface area is 174 Å². The lowest BCUT2D eigenvalue weighted by atomic mass is 10.2. The third-order valence-electron chi connectivity index (χ3n) is 3.71. The van der Waals surface area contributed by atoms with E-state index in [9.17, 15) is 18.0 Å². The molecule has 2 aromatic rings. The normalized spacial score (nSPS) is 11.4. The zero-order chi connectivity index (χ0) is 22.1. The first-order chi connectivity index (χ1) is 14.3. The van der Waals surface area contributed by atoms with Crippen molar-refractivity contribution in [1.82, 2.24) is 5.32 Å². The molecule has 0 atom stereocenters. The van der Waals surface area contributed by atoms with Crippen molar-refractivity contribution in [3.63, 3.8) is 0 Å². The quantitative estimate of drug-likeness (QED) is 0.361. The number of guanidine groups is 1. The SMILES string of the molecule is CCC(=O)Nc1ccc(OS(=O)(=O)c2ccccc2)cc1NC(=NC)NC(=O)OC. The van der Waals surface area contributed by atoms with Gasteiger partial charge in [0.25, 0.3) is 0 Å². The largest absolute Gasteiger partial charge is 0.453 e. The number of alkyl carbamates (subject to hydrolysis) is 1. The fourth-order valence-corrected chi connectivity index (χ4v) is 3.15. The summed E-state index contributed by atoms with van der Waals surface area (Å²) >= 11 is 0. The highest BCUT2D eigenvalue weighted by atomic mass is 32.2. The predicted molar refractivity (Wildman–Crippen MR) is 112 cm³/mol. The first kappa shape index (κ1) is 22.7. The van der Waals surface area contributed by atoms with Gasteiger partial charge in [-0.3, -0.25) is 15.1 Å². The van der Waals surface area contributed by atoms with Crippen molar-refractivity contribution in [2.24, 2.45) is 4.99 Å². The van der Waals surface area contributed by atoms with E-state index in [1.165, 1.54) is 44.5 Å². The van der Waals surface area contributed by atoms with Crippen LogP contribution in [0.3, 0.4) is 0 Å². The summed E-state index contributed by atoms with van der Waals surface area (Å²) in [7, 11) is -1.45. The summed E-state index contributed by atoms with van der Waals surface area (Å²) in [6, 6.07) is 11.9. The van der Waals surface area contributed by atoms with Gasteiger partial charge in [0.2, 0.25) is 11.9 Å². The van der Waals surface area contributed by atoms with Crippen LogP contribution >= 0.6 is 0 Å². The molecule has 0 heterocycles. The molecule has 160 valence electrons. The van der Waals surface area contributed by atoms with Gasteiger partial charge >= 0.3 is 16.2 Å². The van der Waals surface area contributed by atoms with Gasteiger partial charge in [0.05, 0.1) is 18.5 Å². The van der Waals surface area contributed by atoms with Gasteiger partial charge in [0, 0.05) is 19.5 Å². The molecule has 0 saturated heterocycles. The topological polar surface area (TPSA) is 135 Å². The average Bonchev–Trinajstić information content (AvgIpc) is 2.75. The molecule has 0 bridgehead atoms. The van der Waals surface area contributed by atoms with Crippen LogP contribution in [0, 0.1) is 0 Å². The summed E-state index contributed by atoms with van der Waals surface area (Å²) in [5, 5.41) is 7.84. The van der Waals surface area contributed by atoms with Crippen LogP contribution in [0.25, 0.3) is 0 Å². The van der Waals surface area contributed by atoms with Crippen molar-refractivity contribution >= 4 is 39.5 Å². The molecule has 3 N–H and O–H groups in total. The first-order valence-corrected chi connectivity index (χ1v) is 10.2. The Hall–Kier alpha value is -3.60. The van der Waals surface area contributed by atoms with Gasteiger partial charge in [-0.1, -0.05) is 25.1 Å². The molecule has 0 spiro atoms. The maximum absolute atomic E-state index is 12.5. The number of nitrogens with zero attached hydrogens (tertiary/aromatic N) is 1. The number of amides is 2. The average molecular weight is 434 g/mol. The van der Waals surface area contributed by atoms with Crippen LogP contribution in [0.2, 0.25) is 0 Å². The van der Waals surface area contributed by atoms with Gasteiger partial charge in [0.1, 0.15) is 10.6 Å². The Balaban J connectivity index is 2.36. The van der Waals surface area contributed by atoms with Crippen LogP contribution in [0.4, 0.5) is 16.2 Å². The van der Waals surface area contributed by atoms with E-state index in [1.54, 1.807) is 25.1 Å². The van der Waals surface area contributed by atoms with E-state index in [0.29, 0.717) is 5.69 Å². The number of hydrogen-bond donors (Lipinski definition) is 3. The molecular formula is C19H22N4O6S. The molecule has 0 aliphatic rings. The van der Waals surface area contributed by atoms with E-state index in [1.807, 2.05) is 0 Å². The van der Waals surface area contributed by atoms with Crippen molar-refractivity contribution in [2.75, 3.05) is 24.8 Å². The zero-order valence-electron chi connectivity index (χ0n) is 16.6. The molecular weight excluding hydrogens is 412 g/mol. The molecule has 11 heteroatoms. The fraction of sp³-hybridized carbons (Fsp3) is 0.211. The van der Waals surface area contributed by atoms with Crippen LogP contribution in [0.5, 0.6) is 5.75 Å². The summed E-state index contributed by atoms with van der Waals surface area (Å²) in [6.07, 6.45) is -0.531. The molecule has 0 radical (unpaired) electrons. The van der Waals surface area contributed by atoms with Gasteiger partial charge in [-0.05, 0) is 24.3 Å². The van der Waals surface area contributed by atoms with Crippen molar-refractivity contribution < 1.29 is 26.9 Å². The highest BCUT2D eigenvalue weighted by Gasteiger charge is 2.18. The van der Waals surface area contributed by atoms with Gasteiger partial charge in [-0.25, -0.2) is 4.79 Å². The third-order valence-corrected chi connectivity index (χ3v) is 4.97. The summed E-state index contributed by atoms with van der Waals surface area (Å²) in [5.74, 6) is -0.263. The molecule has 2 rings (SSSR count). The molecule has 0 fully saturated rings. The number of rotatable bonds is 6. The Morgan fingerprint density at radius 3 is 2.33 bits per heavy atom. The minimum absolute atomic E-state index is 0.00830. The van der Waals surface area contributed by atoms with Gasteiger partial charge in [-0.2, -0.15) is 8.42 Å². The van der Waals surface area contributed by atoms with Crippen LogP contribution in [0.15, 0.2) is 58.4 Å². The van der Waals surface area contributed by atoms with E-state index < -0.39 is 16.2 Å². The molecule has 0 saturated carbocycles. The molecule has 2 aromatic carbocycles. The number of carbonyl (C=O) groups excluding carboxylic acids is 2. The van der Waals surface area contributed by atoms with Crippen LogP contribution in [0.1, 0.15) is 13.3 Å². The van der Waals surface area contributed by atoms with E-state index in [2.05, 4.69) is 25.7 Å². The Morgan fingerprint density at radius 1 is 1.03 bits per heavy atom. The second kappa shape index (κ2) is 10.3. The summed E-state index contributed by atoms with van der Waals surface area (Å²) in [5.41, 5.74) is 0.577. The lowest BCUT2D eigenvalue weighted by Crippen LogP contribution is -2.36. The summed E-state index contributed by atoms with van der Waals surface area (Å²) in [4.78, 5) is 27.2. The molecule has 2 amide bonds. The predicted octanol–water partition coefficient (Wildman–Crippen LogP) is 2.56. The van der Waals surface area contributed by atoms with E-state index >= 15 is 0 Å². The number of hydrogen-bond acceptors (Lipinski definition) is 7. The highest BCUT2D eigenvalue weighted by molar-refractivity contribution is 7.87. The number of anilines is 2. The number of ether oxygens (including phenoxy) is 1. The minimum Gasteiger partial charge on any atom is -0.453 e. The van der Waals surface area contributed by atoms with E-state index in [0.717, 1.165) is 0 Å². The van der Waals surface area contributed by atoms with Crippen molar-refractivity contribution in [3.8, 4) is 5.75 Å². The van der Waals surface area contributed by atoms with Gasteiger partial charge in [0.15, 0.2) is 0 Å². The molecule has 10 nitrogen and oxygen atoms in total. The van der Waals surface area contributed by atoms with Crippen LogP contribution < -0.4 is 20.1 Å². The third kappa shape index (κ3) is 6.21. The number of methoxy groups -OCH3 is 1. The zero-order valence-corrected chi connectivity index (χ0v) is 17.4. The Bertz CT molecular complexity index is 1040. The molecule has 0 unspecified atom stereocenters. The van der Waals surface area contributed by atoms with Crippen molar-refractivity contribution in [2.45, 2.75) is 18.2 Å². The number of carbonyl (C=O) groups is 2. The lowest BCUT2D eigenvalue weighted by molar-refractivity contribution is -0.115. The first-order valence-electron chi connectivity index (χ1n) is 8.81. The van der Waals surface area contributed by atoms with Crippen LogP contribution in [-0.4, -0.2) is 40.5 Å². The van der Waals surface area contributed by atoms with E-state index in [-0.39, 0.29) is 34.6 Å². The smallest absolute Gasteiger partial charge is 0.413 e. The van der Waals surface area contributed by atoms with Crippen molar-refractivity contribution in [3.05, 3.63) is 48.5 Å². The second-order valence-corrected chi connectivity index (χ2v) is 7.32. The second-order valence-electron chi connectivity index (χ2n) is 5.77. The Kier molecular flexibility index (Phi) is 7.76. The van der Waals surface area contributed by atoms with Gasteiger partial charge < -0.3 is 19.6 Å². The Morgan fingerprint density at radius 2 is 1.73 bits per heavy atom. The highest BCUT2D eigenvalue weighted by Crippen LogP contribution is 2.29. The summed E-state index contributed by atoms with van der Waals surface area (Å²) in [6.45, 7) is 1.68. The maximum Gasteiger partial charge on any atom is 0.413 e. The lowest BCUT2D eigenvalue weighted by Gasteiger charge is -2.16. The standard InChI is InChI=1S/C19H22N4O6S/c1-4-17(24)21-15-11-10-13(29-30(26,27)14-8-6-5-7-9-14)12-16(15)22-18(20-2)23-19(25)28-3/h5-12H,4H2,1-3H3,(H,21,24)(H2,20,22,23,25). The molecule has 0 aliphatic carbocycles. The van der Waals surface area contributed by atoms with Crippen LogP contribution in [-0.2, 0) is 19.6 Å². The summed E-state index contributed by atoms with van der Waals surface area (Å²) < 4.78 is 34.7. The minimum atomic E-state index is -4.06. The monoisotopic (exact) mass is 434 g/mol. The number of benzene rings is 2. The number of aliphatic imine (C=N–C) groups is 1.